The molecule has 0 unspecified atom stereocenters. The molecular formula is C36H40F3N5O5S. The van der Waals surface area contributed by atoms with Crippen LogP contribution in [0.2, 0.25) is 0 Å². The second kappa shape index (κ2) is 18.2. The average molecular weight is 712 g/mol. The molecule has 0 bridgehead atoms. The first-order valence-corrected chi connectivity index (χ1v) is 17.4. The van der Waals surface area contributed by atoms with Crippen molar-refractivity contribution in [3.8, 4) is 0 Å². The van der Waals surface area contributed by atoms with Gasteiger partial charge in [-0.15, -0.1) is 0 Å². The molecule has 0 saturated carbocycles. The fourth-order valence-corrected chi connectivity index (χ4v) is 6.14. The Bertz CT molecular complexity index is 1710. The zero-order valence-electron chi connectivity index (χ0n) is 27.9. The number of alkyl halides is 3. The number of hydrogen-bond acceptors (Lipinski definition) is 8. The number of ether oxygens (including phenoxy) is 1. The van der Waals surface area contributed by atoms with Gasteiger partial charge in [0.15, 0.2) is 0 Å². The third-order valence-corrected chi connectivity index (χ3v) is 8.86. The molecule has 3 N–H and O–H groups in total. The second-order valence-electron chi connectivity index (χ2n) is 11.6. The number of piperidine rings is 1. The summed E-state index contributed by atoms with van der Waals surface area (Å²) >= 11 is 1.50. The Balaban J connectivity index is 1.43. The summed E-state index contributed by atoms with van der Waals surface area (Å²) in [6.07, 6.45) is -0.0318. The molecule has 3 aromatic rings. The summed E-state index contributed by atoms with van der Waals surface area (Å²) in [5.74, 6) is -0.808. The van der Waals surface area contributed by atoms with Crippen LogP contribution in [0.1, 0.15) is 75.6 Å². The van der Waals surface area contributed by atoms with Gasteiger partial charge in [-0.3, -0.25) is 19.2 Å². The van der Waals surface area contributed by atoms with Gasteiger partial charge in [0.25, 0.3) is 11.8 Å². The van der Waals surface area contributed by atoms with Crippen molar-refractivity contribution in [2.45, 2.75) is 51.5 Å². The van der Waals surface area contributed by atoms with E-state index in [1.807, 2.05) is 12.1 Å². The lowest BCUT2D eigenvalue weighted by atomic mass is 10.1. The second-order valence-corrected chi connectivity index (χ2v) is 12.7. The van der Waals surface area contributed by atoms with Crippen LogP contribution in [0.25, 0.3) is 0 Å². The molecule has 3 amide bonds. The number of halogens is 3. The van der Waals surface area contributed by atoms with Crippen molar-refractivity contribution in [3.05, 3.63) is 94.0 Å². The topological polar surface area (TPSA) is 129 Å². The fourth-order valence-electron chi connectivity index (χ4n) is 5.25. The Kier molecular flexibility index (Phi) is 13.8. The molecule has 1 saturated heterocycles. The van der Waals surface area contributed by atoms with Gasteiger partial charge in [0.2, 0.25) is 5.91 Å². The summed E-state index contributed by atoms with van der Waals surface area (Å²) in [6, 6.07) is 15.9. The molecule has 3 aromatic carbocycles. The van der Waals surface area contributed by atoms with Gasteiger partial charge in [-0.25, -0.2) is 5.43 Å². The number of rotatable bonds is 14. The van der Waals surface area contributed by atoms with E-state index < -0.39 is 29.5 Å². The van der Waals surface area contributed by atoms with Gasteiger partial charge in [-0.05, 0) is 86.2 Å². The molecular weight excluding hydrogens is 671 g/mol. The van der Waals surface area contributed by atoms with E-state index in [1.165, 1.54) is 30.8 Å². The highest BCUT2D eigenvalue weighted by molar-refractivity contribution is 7.98. The molecule has 1 aliphatic rings. The van der Waals surface area contributed by atoms with Gasteiger partial charge >= 0.3 is 12.1 Å². The standard InChI is InChI=1S/C36H40F3N5O5S/c1-3-49-33(46)22-40-32(45)14-17-50-23-26-8-7-9-27(18-26)34(47)42-31-13-12-28(44-15-5-4-6-16-44)20-29(31)35(48)43-41-21-25-11-10-24(2)30(19-25)36(37,38)39/h7-13,18-21H,3-6,14-17,22-23H2,1-2H3,(H,40,45)(H,42,47)(H,43,48)/b41-21+. The Morgan fingerprint density at radius 2 is 1.76 bits per heavy atom. The lowest BCUT2D eigenvalue weighted by molar-refractivity contribution is -0.143. The van der Waals surface area contributed by atoms with E-state index >= 15 is 0 Å². The average Bonchev–Trinajstić information content (AvgIpc) is 3.10. The van der Waals surface area contributed by atoms with E-state index in [2.05, 4.69) is 26.1 Å². The molecule has 1 fully saturated rings. The summed E-state index contributed by atoms with van der Waals surface area (Å²) in [7, 11) is 0. The van der Waals surface area contributed by atoms with Crippen molar-refractivity contribution in [1.82, 2.24) is 10.7 Å². The quantitative estimate of drug-likeness (QED) is 0.0773. The number of amides is 3. The molecule has 1 aliphatic heterocycles. The normalized spacial score (nSPS) is 13.2. The maximum Gasteiger partial charge on any atom is 0.416 e. The number of carbonyl (C=O) groups is 4. The molecule has 0 spiro atoms. The summed E-state index contributed by atoms with van der Waals surface area (Å²) in [5, 5.41) is 9.25. The predicted octanol–water partition coefficient (Wildman–Crippen LogP) is 6.32. The van der Waals surface area contributed by atoms with Gasteiger partial charge in [0.05, 0.1) is 29.6 Å². The van der Waals surface area contributed by atoms with Gasteiger partial charge < -0.3 is 20.3 Å². The molecule has 50 heavy (non-hydrogen) atoms. The van der Waals surface area contributed by atoms with Gasteiger partial charge in [-0.1, -0.05) is 24.3 Å². The van der Waals surface area contributed by atoms with Crippen molar-refractivity contribution in [1.29, 1.82) is 0 Å². The number of nitrogens with zero attached hydrogens (tertiary/aromatic N) is 2. The van der Waals surface area contributed by atoms with Crippen LogP contribution >= 0.6 is 11.8 Å². The van der Waals surface area contributed by atoms with E-state index in [4.69, 9.17) is 4.74 Å². The number of nitrogens with one attached hydrogen (secondary N) is 3. The number of esters is 1. The summed E-state index contributed by atoms with van der Waals surface area (Å²) in [5.41, 5.74) is 4.25. The minimum Gasteiger partial charge on any atom is -0.465 e. The van der Waals surface area contributed by atoms with Crippen LogP contribution in [0.3, 0.4) is 0 Å². The van der Waals surface area contributed by atoms with Crippen molar-refractivity contribution in [2.75, 3.05) is 42.2 Å². The third kappa shape index (κ3) is 11.4. The highest BCUT2D eigenvalue weighted by Gasteiger charge is 2.32. The molecule has 4 rings (SSSR count). The smallest absolute Gasteiger partial charge is 0.416 e. The number of benzene rings is 3. The third-order valence-electron chi connectivity index (χ3n) is 7.83. The zero-order chi connectivity index (χ0) is 36.1. The number of carbonyl (C=O) groups excluding carboxylic acids is 4. The minimum atomic E-state index is -4.52. The van der Waals surface area contributed by atoms with E-state index in [-0.39, 0.29) is 47.9 Å². The molecule has 0 aliphatic carbocycles. The van der Waals surface area contributed by atoms with Crippen LogP contribution in [-0.4, -0.2) is 61.9 Å². The van der Waals surface area contributed by atoms with Crippen LogP contribution in [0.4, 0.5) is 24.5 Å². The maximum atomic E-state index is 13.4. The van der Waals surface area contributed by atoms with E-state index in [0.717, 1.165) is 55.9 Å². The molecule has 0 aromatic heterocycles. The van der Waals surface area contributed by atoms with E-state index in [0.29, 0.717) is 17.1 Å². The van der Waals surface area contributed by atoms with Crippen molar-refractivity contribution >= 4 is 53.0 Å². The van der Waals surface area contributed by atoms with Crippen molar-refractivity contribution in [3.63, 3.8) is 0 Å². The van der Waals surface area contributed by atoms with E-state index in [9.17, 15) is 32.3 Å². The number of hydrogen-bond donors (Lipinski definition) is 3. The SMILES string of the molecule is CCOC(=O)CNC(=O)CCSCc1cccc(C(=O)Nc2ccc(N3CCCCC3)cc2C(=O)N/N=C/c2ccc(C)c(C(F)(F)F)c2)c1. The summed E-state index contributed by atoms with van der Waals surface area (Å²) < 4.78 is 44.9. The molecule has 1 heterocycles. The summed E-state index contributed by atoms with van der Waals surface area (Å²) in [4.78, 5) is 52.3. The van der Waals surface area contributed by atoms with Crippen LogP contribution < -0.4 is 21.0 Å². The highest BCUT2D eigenvalue weighted by atomic mass is 32.2. The number of thioether (sulfide) groups is 1. The molecule has 14 heteroatoms. The Morgan fingerprint density at radius 3 is 2.50 bits per heavy atom. The Labute approximate surface area is 293 Å². The minimum absolute atomic E-state index is 0.0753. The first-order valence-electron chi connectivity index (χ1n) is 16.2. The lowest BCUT2D eigenvalue weighted by Gasteiger charge is -2.29. The Hall–Kier alpha value is -4.85. The van der Waals surface area contributed by atoms with Crippen molar-refractivity contribution in [2.24, 2.45) is 5.10 Å². The van der Waals surface area contributed by atoms with Gasteiger partial charge in [-0.2, -0.15) is 30.0 Å². The molecule has 266 valence electrons. The first kappa shape index (κ1) is 38.0. The van der Waals surface area contributed by atoms with Gasteiger partial charge in [0.1, 0.15) is 6.54 Å². The van der Waals surface area contributed by atoms with Crippen molar-refractivity contribution < 1.29 is 37.1 Å². The Morgan fingerprint density at radius 1 is 0.980 bits per heavy atom. The monoisotopic (exact) mass is 711 g/mol. The largest absolute Gasteiger partial charge is 0.465 e. The number of hydrazone groups is 1. The van der Waals surface area contributed by atoms with Crippen LogP contribution in [0.5, 0.6) is 0 Å². The first-order chi connectivity index (χ1) is 23.9. The van der Waals surface area contributed by atoms with Crippen LogP contribution in [0, 0.1) is 6.92 Å². The van der Waals surface area contributed by atoms with Gasteiger partial charge in [0, 0.05) is 42.3 Å². The van der Waals surface area contributed by atoms with Crippen LogP contribution in [-0.2, 0) is 26.3 Å². The van der Waals surface area contributed by atoms with Crippen LogP contribution in [0.15, 0.2) is 65.8 Å². The number of anilines is 2. The molecule has 10 nitrogen and oxygen atoms in total. The van der Waals surface area contributed by atoms with E-state index in [1.54, 1.807) is 37.3 Å². The predicted molar refractivity (Wildman–Crippen MR) is 189 cm³/mol. The zero-order valence-corrected chi connectivity index (χ0v) is 28.7. The fraction of sp³-hybridized carbons (Fsp3) is 0.361. The molecule has 0 atom stereocenters. The highest BCUT2D eigenvalue weighted by Crippen LogP contribution is 2.32. The number of aryl methyl sites for hydroxylation is 1. The maximum absolute atomic E-state index is 13.4. The summed E-state index contributed by atoms with van der Waals surface area (Å²) in [6.45, 7) is 4.77. The lowest BCUT2D eigenvalue weighted by Crippen LogP contribution is -2.30. The molecule has 0 radical (unpaired) electrons.